The third-order valence-electron chi connectivity index (χ3n) is 3.30. The van der Waals surface area contributed by atoms with E-state index in [0.717, 1.165) is 10.3 Å². The summed E-state index contributed by atoms with van der Waals surface area (Å²) in [6, 6.07) is 9.46. The van der Waals surface area contributed by atoms with Crippen molar-refractivity contribution in [1.29, 1.82) is 0 Å². The van der Waals surface area contributed by atoms with Gasteiger partial charge in [-0.1, -0.05) is 0 Å². The highest BCUT2D eigenvalue weighted by Crippen LogP contribution is 2.28. The topological polar surface area (TPSA) is 94.1 Å². The van der Waals surface area contributed by atoms with Crippen molar-refractivity contribution in [3.8, 4) is 22.6 Å². The van der Waals surface area contributed by atoms with E-state index in [1.54, 1.807) is 37.5 Å². The molecule has 0 saturated heterocycles. The van der Waals surface area contributed by atoms with E-state index in [0.29, 0.717) is 22.8 Å². The molecule has 0 radical (unpaired) electrons. The Kier molecular flexibility index (Phi) is 3.30. The monoisotopic (exact) mass is 296 g/mol. The molecule has 0 atom stereocenters. The lowest BCUT2D eigenvalue weighted by Crippen LogP contribution is -1.97. The highest BCUT2D eigenvalue weighted by molar-refractivity contribution is 5.68. The SMILES string of the molecule is Cc1nc(-c2ccc([N+](=O)[O-])cc2)n(O)c1-c1cccnc1. The molecule has 1 N–H and O–H groups in total. The largest absolute Gasteiger partial charge is 0.426 e. The second kappa shape index (κ2) is 5.28. The van der Waals surface area contributed by atoms with Crippen LogP contribution in [0.5, 0.6) is 0 Å². The summed E-state index contributed by atoms with van der Waals surface area (Å²) in [5.41, 5.74) is 2.50. The van der Waals surface area contributed by atoms with Crippen molar-refractivity contribution in [2.75, 3.05) is 0 Å². The van der Waals surface area contributed by atoms with Crippen molar-refractivity contribution >= 4 is 5.69 Å². The molecular formula is C15H12N4O3. The summed E-state index contributed by atoms with van der Waals surface area (Å²) in [7, 11) is 0. The summed E-state index contributed by atoms with van der Waals surface area (Å²) in [6.45, 7) is 1.78. The Morgan fingerprint density at radius 1 is 1.18 bits per heavy atom. The predicted molar refractivity (Wildman–Crippen MR) is 79.5 cm³/mol. The van der Waals surface area contributed by atoms with Crippen LogP contribution in [-0.4, -0.2) is 24.8 Å². The molecule has 0 aliphatic carbocycles. The molecule has 0 amide bonds. The Bertz CT molecular complexity index is 826. The summed E-state index contributed by atoms with van der Waals surface area (Å²) >= 11 is 0. The van der Waals surface area contributed by atoms with Gasteiger partial charge in [-0.05, 0) is 31.2 Å². The number of aromatic nitrogens is 3. The van der Waals surface area contributed by atoms with Gasteiger partial charge in [0.25, 0.3) is 5.69 Å². The van der Waals surface area contributed by atoms with Gasteiger partial charge in [-0.15, -0.1) is 0 Å². The maximum atomic E-state index is 10.7. The van der Waals surface area contributed by atoms with Gasteiger partial charge in [0.15, 0.2) is 5.82 Å². The fourth-order valence-electron chi connectivity index (χ4n) is 2.27. The molecule has 3 aromatic rings. The Morgan fingerprint density at radius 2 is 1.91 bits per heavy atom. The molecule has 0 bridgehead atoms. The first-order chi connectivity index (χ1) is 10.6. The van der Waals surface area contributed by atoms with E-state index >= 15 is 0 Å². The number of hydrogen-bond acceptors (Lipinski definition) is 5. The third-order valence-corrected chi connectivity index (χ3v) is 3.30. The van der Waals surface area contributed by atoms with Gasteiger partial charge in [-0.25, -0.2) is 4.98 Å². The molecule has 0 saturated carbocycles. The summed E-state index contributed by atoms with van der Waals surface area (Å²) in [6.07, 6.45) is 3.28. The number of aryl methyl sites for hydroxylation is 1. The maximum absolute atomic E-state index is 10.7. The third kappa shape index (κ3) is 2.28. The maximum Gasteiger partial charge on any atom is 0.269 e. The first-order valence-corrected chi connectivity index (χ1v) is 6.51. The van der Waals surface area contributed by atoms with Gasteiger partial charge in [0.1, 0.15) is 5.69 Å². The number of pyridine rings is 1. The first kappa shape index (κ1) is 13.7. The van der Waals surface area contributed by atoms with Crippen LogP contribution in [0.3, 0.4) is 0 Å². The molecule has 0 unspecified atom stereocenters. The van der Waals surface area contributed by atoms with Crippen LogP contribution < -0.4 is 0 Å². The molecule has 2 aromatic heterocycles. The molecule has 3 rings (SSSR count). The van der Waals surface area contributed by atoms with Crippen molar-refractivity contribution in [3.63, 3.8) is 0 Å². The van der Waals surface area contributed by atoms with E-state index in [1.165, 1.54) is 12.1 Å². The number of nitro groups is 1. The number of nitrogens with zero attached hydrogens (tertiary/aromatic N) is 4. The number of non-ortho nitro benzene ring substituents is 1. The normalized spacial score (nSPS) is 10.6. The fourth-order valence-corrected chi connectivity index (χ4v) is 2.27. The van der Waals surface area contributed by atoms with Gasteiger partial charge >= 0.3 is 0 Å². The van der Waals surface area contributed by atoms with Gasteiger partial charge in [0.05, 0.1) is 10.6 Å². The van der Waals surface area contributed by atoms with E-state index in [4.69, 9.17) is 0 Å². The minimum Gasteiger partial charge on any atom is -0.426 e. The Morgan fingerprint density at radius 3 is 2.50 bits per heavy atom. The van der Waals surface area contributed by atoms with Gasteiger partial charge in [-0.3, -0.25) is 15.1 Å². The number of hydrogen-bond donors (Lipinski definition) is 1. The molecular weight excluding hydrogens is 284 g/mol. The summed E-state index contributed by atoms with van der Waals surface area (Å²) in [5, 5.41) is 21.1. The van der Waals surface area contributed by atoms with Crippen molar-refractivity contribution < 1.29 is 10.1 Å². The minimum absolute atomic E-state index is 0.0102. The molecule has 0 aliphatic heterocycles. The van der Waals surface area contributed by atoms with Crippen molar-refractivity contribution in [3.05, 3.63) is 64.6 Å². The molecule has 1 aromatic carbocycles. The highest BCUT2D eigenvalue weighted by atomic mass is 16.6. The lowest BCUT2D eigenvalue weighted by atomic mass is 10.2. The molecule has 2 heterocycles. The highest BCUT2D eigenvalue weighted by Gasteiger charge is 2.17. The summed E-state index contributed by atoms with van der Waals surface area (Å²) in [4.78, 5) is 18.6. The van der Waals surface area contributed by atoms with Crippen LogP contribution in [-0.2, 0) is 0 Å². The minimum atomic E-state index is -0.471. The van der Waals surface area contributed by atoms with Crippen LogP contribution in [0.1, 0.15) is 5.69 Å². The number of benzene rings is 1. The predicted octanol–water partition coefficient (Wildman–Crippen LogP) is 3.07. The number of imidazole rings is 1. The molecule has 0 aliphatic rings. The zero-order chi connectivity index (χ0) is 15.7. The van der Waals surface area contributed by atoms with Crippen molar-refractivity contribution in [2.24, 2.45) is 0 Å². The van der Waals surface area contributed by atoms with Gasteiger partial charge < -0.3 is 5.21 Å². The Hall–Kier alpha value is -3.22. The van der Waals surface area contributed by atoms with E-state index < -0.39 is 4.92 Å². The van der Waals surface area contributed by atoms with Crippen LogP contribution in [0, 0.1) is 17.0 Å². The lowest BCUT2D eigenvalue weighted by molar-refractivity contribution is -0.384. The van der Waals surface area contributed by atoms with Gasteiger partial charge in [0, 0.05) is 35.7 Å². The standard InChI is InChI=1S/C15H12N4O3/c1-10-14(12-3-2-8-16-9-12)18(20)15(17-10)11-4-6-13(7-5-11)19(21)22/h2-9,20H,1H3. The molecule has 0 fully saturated rings. The first-order valence-electron chi connectivity index (χ1n) is 6.51. The Labute approximate surface area is 125 Å². The summed E-state index contributed by atoms with van der Waals surface area (Å²) < 4.78 is 0.980. The van der Waals surface area contributed by atoms with Crippen molar-refractivity contribution in [2.45, 2.75) is 6.92 Å². The molecule has 7 nitrogen and oxygen atoms in total. The lowest BCUT2D eigenvalue weighted by Gasteiger charge is -2.04. The van der Waals surface area contributed by atoms with Crippen LogP contribution in [0.4, 0.5) is 5.69 Å². The summed E-state index contributed by atoms with van der Waals surface area (Å²) in [5.74, 6) is 0.325. The number of nitro benzene ring substituents is 1. The number of rotatable bonds is 3. The van der Waals surface area contributed by atoms with Crippen LogP contribution in [0.15, 0.2) is 48.8 Å². The Balaban J connectivity index is 2.08. The van der Waals surface area contributed by atoms with Crippen molar-refractivity contribution in [1.82, 2.24) is 14.7 Å². The van der Waals surface area contributed by atoms with E-state index in [2.05, 4.69) is 9.97 Å². The molecule has 0 spiro atoms. The van der Waals surface area contributed by atoms with E-state index in [-0.39, 0.29) is 5.69 Å². The molecule has 7 heteroatoms. The van der Waals surface area contributed by atoms with E-state index in [9.17, 15) is 15.3 Å². The fraction of sp³-hybridized carbons (Fsp3) is 0.0667. The smallest absolute Gasteiger partial charge is 0.269 e. The van der Waals surface area contributed by atoms with E-state index in [1.807, 2.05) is 6.07 Å². The second-order valence-electron chi connectivity index (χ2n) is 4.73. The zero-order valence-electron chi connectivity index (χ0n) is 11.7. The molecule has 110 valence electrons. The van der Waals surface area contributed by atoms with Gasteiger partial charge in [0.2, 0.25) is 0 Å². The molecule has 22 heavy (non-hydrogen) atoms. The zero-order valence-corrected chi connectivity index (χ0v) is 11.7. The van der Waals surface area contributed by atoms with Crippen LogP contribution in [0.2, 0.25) is 0 Å². The van der Waals surface area contributed by atoms with Crippen LogP contribution >= 0.6 is 0 Å². The second-order valence-corrected chi connectivity index (χ2v) is 4.73. The average molecular weight is 296 g/mol. The van der Waals surface area contributed by atoms with Gasteiger partial charge in [-0.2, -0.15) is 4.73 Å². The quantitative estimate of drug-likeness (QED) is 0.455. The average Bonchev–Trinajstić information content (AvgIpc) is 2.83. The van der Waals surface area contributed by atoms with Crippen LogP contribution in [0.25, 0.3) is 22.6 Å².